The Morgan fingerprint density at radius 3 is 2.39 bits per heavy atom. The molecule has 0 aliphatic carbocycles. The maximum absolute atomic E-state index is 13.0. The van der Waals surface area contributed by atoms with Gasteiger partial charge in [0, 0.05) is 38.8 Å². The number of hydrogen-bond donors (Lipinski definition) is 1. The zero-order valence-corrected chi connectivity index (χ0v) is 27.6. The van der Waals surface area contributed by atoms with Crippen LogP contribution >= 0.6 is 0 Å². The van der Waals surface area contributed by atoms with E-state index in [2.05, 4.69) is 19.2 Å². The molecule has 1 unspecified atom stereocenters. The first-order valence-electron chi connectivity index (χ1n) is 15.0. The average Bonchev–Trinajstić information content (AvgIpc) is 3.46. The SMILES string of the molecule is CC(C)CN(CCCNC(=O)OC(C)(C)C)S(=O)c1ccc2c(c1)OCO2.Cc1ccc(OCC(=O)N2CCOCC2)cc1. The molecule has 0 radical (unpaired) electrons. The van der Waals surface area contributed by atoms with Gasteiger partial charge in [-0.05, 0) is 64.3 Å². The lowest BCUT2D eigenvalue weighted by Gasteiger charge is -2.26. The maximum Gasteiger partial charge on any atom is 0.407 e. The minimum atomic E-state index is -1.31. The van der Waals surface area contributed by atoms with Crippen LogP contribution in [0.25, 0.3) is 0 Å². The first kappa shape index (κ1) is 35.1. The second kappa shape index (κ2) is 17.2. The van der Waals surface area contributed by atoms with E-state index >= 15 is 0 Å². The normalized spacial score (nSPS) is 15.0. The highest BCUT2D eigenvalue weighted by Gasteiger charge is 2.21. The Labute approximate surface area is 263 Å². The lowest BCUT2D eigenvalue weighted by molar-refractivity contribution is -0.137. The van der Waals surface area contributed by atoms with E-state index in [1.807, 2.05) is 56.3 Å². The van der Waals surface area contributed by atoms with Crippen molar-refractivity contribution < 1.29 is 37.5 Å². The van der Waals surface area contributed by atoms with Crippen LogP contribution in [-0.4, -0.2) is 90.4 Å². The predicted octanol–water partition coefficient (Wildman–Crippen LogP) is 4.54. The van der Waals surface area contributed by atoms with Crippen LogP contribution in [-0.2, 0) is 25.3 Å². The van der Waals surface area contributed by atoms with E-state index in [0.29, 0.717) is 74.7 Å². The number of ether oxygens (including phenoxy) is 5. The van der Waals surface area contributed by atoms with Gasteiger partial charge in [-0.25, -0.2) is 13.3 Å². The zero-order chi connectivity index (χ0) is 32.1. The van der Waals surface area contributed by atoms with E-state index in [0.717, 1.165) is 5.75 Å². The third-order valence-corrected chi connectivity index (χ3v) is 7.81. The molecule has 1 fully saturated rings. The predicted molar refractivity (Wildman–Crippen MR) is 168 cm³/mol. The number of nitrogens with zero attached hydrogens (tertiary/aromatic N) is 2. The summed E-state index contributed by atoms with van der Waals surface area (Å²) in [6.45, 7) is 16.3. The van der Waals surface area contributed by atoms with Crippen molar-refractivity contribution in [1.82, 2.24) is 14.5 Å². The number of alkyl carbamates (subject to hydrolysis) is 1. The van der Waals surface area contributed by atoms with Gasteiger partial charge in [-0.15, -0.1) is 0 Å². The Morgan fingerprint density at radius 1 is 1.05 bits per heavy atom. The van der Waals surface area contributed by atoms with Crippen molar-refractivity contribution in [2.45, 2.75) is 58.5 Å². The molecular weight excluding hydrogens is 586 g/mol. The number of hydrogen-bond acceptors (Lipinski definition) is 8. The number of aryl methyl sites for hydroxylation is 1. The standard InChI is InChI=1S/C19H30N2O5S.C13H17NO3/c1-14(2)12-21(10-6-9-20-18(22)26-19(3,4)5)27(23)15-7-8-16-17(11-15)25-13-24-16;1-11-2-4-12(5-3-11)17-10-13(15)14-6-8-16-9-7-14/h7-8,11,14H,6,9-10,12-13H2,1-5H3,(H,20,22);2-5H,6-10H2,1H3. The van der Waals surface area contributed by atoms with Crippen molar-refractivity contribution in [3.05, 3.63) is 48.0 Å². The molecule has 1 atom stereocenters. The Hall–Kier alpha value is -3.35. The summed E-state index contributed by atoms with van der Waals surface area (Å²) in [5, 5.41) is 2.74. The minimum Gasteiger partial charge on any atom is -0.484 e. The number of amides is 2. The van der Waals surface area contributed by atoms with Gasteiger partial charge >= 0.3 is 6.09 Å². The van der Waals surface area contributed by atoms with Crippen molar-refractivity contribution in [3.63, 3.8) is 0 Å². The van der Waals surface area contributed by atoms with Gasteiger partial charge in [0.25, 0.3) is 5.91 Å². The number of morpholine rings is 1. The van der Waals surface area contributed by atoms with Crippen LogP contribution in [0.15, 0.2) is 47.4 Å². The number of carbonyl (C=O) groups is 2. The molecule has 44 heavy (non-hydrogen) atoms. The highest BCUT2D eigenvalue weighted by Crippen LogP contribution is 2.34. The Bertz CT molecular complexity index is 1230. The van der Waals surface area contributed by atoms with Gasteiger partial charge in [0.2, 0.25) is 6.79 Å². The third kappa shape index (κ3) is 12.3. The average molecular weight is 634 g/mol. The van der Waals surface area contributed by atoms with Crippen molar-refractivity contribution in [1.29, 1.82) is 0 Å². The minimum absolute atomic E-state index is 0.0221. The van der Waals surface area contributed by atoms with Gasteiger partial charge in [-0.1, -0.05) is 31.5 Å². The van der Waals surface area contributed by atoms with Gasteiger partial charge in [-0.2, -0.15) is 0 Å². The van der Waals surface area contributed by atoms with Crippen molar-refractivity contribution >= 4 is 23.0 Å². The molecule has 4 rings (SSSR count). The molecule has 0 aromatic heterocycles. The van der Waals surface area contributed by atoms with E-state index in [1.165, 1.54) is 5.56 Å². The molecule has 0 saturated carbocycles. The monoisotopic (exact) mass is 633 g/mol. The summed E-state index contributed by atoms with van der Waals surface area (Å²) in [6.07, 6.45) is 0.234. The molecule has 2 aliphatic rings. The molecule has 2 aliphatic heterocycles. The van der Waals surface area contributed by atoms with Gasteiger partial charge in [0.05, 0.1) is 18.1 Å². The quantitative estimate of drug-likeness (QED) is 0.359. The molecule has 12 heteroatoms. The Morgan fingerprint density at radius 2 is 1.73 bits per heavy atom. The van der Waals surface area contributed by atoms with E-state index in [4.69, 9.17) is 23.7 Å². The lowest BCUT2D eigenvalue weighted by atomic mass is 10.2. The first-order valence-corrected chi connectivity index (χ1v) is 16.1. The van der Waals surface area contributed by atoms with Crippen LogP contribution < -0.4 is 19.5 Å². The number of benzene rings is 2. The smallest absolute Gasteiger partial charge is 0.407 e. The fraction of sp³-hybridized carbons (Fsp3) is 0.562. The van der Waals surface area contributed by atoms with Crippen LogP contribution in [0.5, 0.6) is 17.2 Å². The zero-order valence-electron chi connectivity index (χ0n) is 26.8. The molecule has 0 spiro atoms. The summed E-state index contributed by atoms with van der Waals surface area (Å²) in [5.41, 5.74) is 0.658. The second-order valence-electron chi connectivity index (χ2n) is 11.9. The molecule has 0 bridgehead atoms. The Kier molecular flexibility index (Phi) is 13.7. The van der Waals surface area contributed by atoms with Crippen molar-refractivity contribution in [2.75, 3.05) is 59.3 Å². The fourth-order valence-corrected chi connectivity index (χ4v) is 5.65. The highest BCUT2D eigenvalue weighted by atomic mass is 32.2. The number of fused-ring (bicyclic) bond motifs is 1. The van der Waals surface area contributed by atoms with Crippen LogP contribution in [0.3, 0.4) is 0 Å². The number of nitrogens with one attached hydrogen (secondary N) is 1. The van der Waals surface area contributed by atoms with E-state index in [1.54, 1.807) is 23.1 Å². The maximum atomic E-state index is 13.0. The fourth-order valence-electron chi connectivity index (χ4n) is 4.23. The Balaban J connectivity index is 0.000000266. The molecule has 2 heterocycles. The van der Waals surface area contributed by atoms with Crippen molar-refractivity contribution in [3.8, 4) is 17.2 Å². The van der Waals surface area contributed by atoms with E-state index in [-0.39, 0.29) is 19.3 Å². The summed E-state index contributed by atoms with van der Waals surface area (Å²) < 4.78 is 41.5. The van der Waals surface area contributed by atoms with Gasteiger partial charge in [0.1, 0.15) is 22.3 Å². The summed E-state index contributed by atoms with van der Waals surface area (Å²) in [6, 6.07) is 13.0. The highest BCUT2D eigenvalue weighted by molar-refractivity contribution is 7.82. The molecule has 2 aromatic carbocycles. The summed E-state index contributed by atoms with van der Waals surface area (Å²) in [4.78, 5) is 26.0. The lowest BCUT2D eigenvalue weighted by Crippen LogP contribution is -2.42. The molecule has 1 N–H and O–H groups in total. The van der Waals surface area contributed by atoms with Gasteiger partial charge in [0.15, 0.2) is 18.1 Å². The van der Waals surface area contributed by atoms with Crippen LogP contribution in [0.1, 0.15) is 46.6 Å². The van der Waals surface area contributed by atoms with E-state index in [9.17, 15) is 13.8 Å². The van der Waals surface area contributed by atoms with Crippen LogP contribution in [0, 0.1) is 12.8 Å². The number of rotatable bonds is 11. The molecule has 2 aromatic rings. The van der Waals surface area contributed by atoms with Crippen LogP contribution in [0.4, 0.5) is 4.79 Å². The van der Waals surface area contributed by atoms with Crippen molar-refractivity contribution in [2.24, 2.45) is 5.92 Å². The largest absolute Gasteiger partial charge is 0.484 e. The molecule has 1 saturated heterocycles. The summed E-state index contributed by atoms with van der Waals surface area (Å²) >= 11 is 0. The van der Waals surface area contributed by atoms with Gasteiger partial charge < -0.3 is 33.9 Å². The second-order valence-corrected chi connectivity index (χ2v) is 13.4. The molecule has 11 nitrogen and oxygen atoms in total. The molecule has 2 amide bonds. The summed E-state index contributed by atoms with van der Waals surface area (Å²) in [5.74, 6) is 2.41. The molecule has 244 valence electrons. The first-order chi connectivity index (χ1) is 20.9. The van der Waals surface area contributed by atoms with E-state index < -0.39 is 22.7 Å². The summed E-state index contributed by atoms with van der Waals surface area (Å²) in [7, 11) is -1.31. The number of carbonyl (C=O) groups excluding carboxylic acids is 2. The van der Waals surface area contributed by atoms with Gasteiger partial charge in [-0.3, -0.25) is 4.79 Å². The third-order valence-electron chi connectivity index (χ3n) is 6.35. The topological polar surface area (TPSA) is 116 Å². The molecular formula is C32H47N3O8S. The van der Waals surface area contributed by atoms with Crippen LogP contribution in [0.2, 0.25) is 0 Å².